The van der Waals surface area contributed by atoms with E-state index in [4.69, 9.17) is 9.84 Å². The van der Waals surface area contributed by atoms with Crippen LogP contribution in [0.25, 0.3) is 0 Å². The van der Waals surface area contributed by atoms with Gasteiger partial charge in [0.05, 0.1) is 6.61 Å². The number of amides is 3. The van der Waals surface area contributed by atoms with Crippen LogP contribution in [0.1, 0.15) is 12.8 Å². The largest absolute Gasteiger partial charge is 0.480 e. The molecule has 94 valence electrons. The summed E-state index contributed by atoms with van der Waals surface area (Å²) in [7, 11) is 1.45. The molecular weight excluding hydrogens is 228 g/mol. The minimum Gasteiger partial charge on any atom is -0.480 e. The van der Waals surface area contributed by atoms with Gasteiger partial charge in [0.25, 0.3) is 5.91 Å². The molecule has 1 aliphatic carbocycles. The van der Waals surface area contributed by atoms with Gasteiger partial charge in [-0.05, 0) is 18.8 Å². The highest BCUT2D eigenvalue weighted by Crippen LogP contribution is 2.43. The molecule has 1 saturated carbocycles. The van der Waals surface area contributed by atoms with Crippen molar-refractivity contribution in [2.45, 2.75) is 18.4 Å². The first-order valence-electron chi connectivity index (χ1n) is 5.36. The van der Waals surface area contributed by atoms with Gasteiger partial charge in [0, 0.05) is 7.11 Å². The fraction of sp³-hybridized carbons (Fsp3) is 0.700. The third-order valence-corrected chi connectivity index (χ3v) is 3.14. The fourth-order valence-corrected chi connectivity index (χ4v) is 2.22. The summed E-state index contributed by atoms with van der Waals surface area (Å²) in [4.78, 5) is 35.1. The lowest BCUT2D eigenvalue weighted by Crippen LogP contribution is -2.53. The first-order chi connectivity index (χ1) is 8.01. The number of carbonyl (C=O) groups excluding carboxylic acids is 2. The zero-order chi connectivity index (χ0) is 12.6. The zero-order valence-corrected chi connectivity index (χ0v) is 9.43. The van der Waals surface area contributed by atoms with Crippen molar-refractivity contribution in [3.8, 4) is 0 Å². The third-order valence-electron chi connectivity index (χ3n) is 3.14. The van der Waals surface area contributed by atoms with E-state index in [2.05, 4.69) is 5.32 Å². The molecule has 2 N–H and O–H groups in total. The molecule has 0 aromatic heterocycles. The van der Waals surface area contributed by atoms with Gasteiger partial charge in [0.1, 0.15) is 12.1 Å². The average Bonchev–Trinajstić information content (AvgIpc) is 3.04. The molecule has 1 saturated heterocycles. The topological polar surface area (TPSA) is 95.9 Å². The highest BCUT2D eigenvalue weighted by molar-refractivity contribution is 6.09. The minimum atomic E-state index is -1.21. The number of urea groups is 1. The van der Waals surface area contributed by atoms with Crippen molar-refractivity contribution in [2.24, 2.45) is 5.92 Å². The molecule has 2 aliphatic rings. The molecule has 0 aromatic rings. The molecule has 1 heterocycles. The molecule has 1 unspecified atom stereocenters. The maximum Gasteiger partial charge on any atom is 0.325 e. The van der Waals surface area contributed by atoms with Gasteiger partial charge in [-0.2, -0.15) is 0 Å². The SMILES string of the molecule is COCC1(C2CC2)NC(=O)N(CC(=O)O)C1=O. The predicted octanol–water partition coefficient (Wildman–Crippen LogP) is -0.582. The third kappa shape index (κ3) is 1.86. The van der Waals surface area contributed by atoms with Crippen molar-refractivity contribution in [1.82, 2.24) is 10.2 Å². The molecule has 0 spiro atoms. The first-order valence-corrected chi connectivity index (χ1v) is 5.36. The Kier molecular flexibility index (Phi) is 2.78. The minimum absolute atomic E-state index is 0.0534. The number of methoxy groups -OCH3 is 1. The number of hydrogen-bond acceptors (Lipinski definition) is 4. The second kappa shape index (κ2) is 3.99. The molecule has 0 bridgehead atoms. The molecule has 2 fully saturated rings. The zero-order valence-electron chi connectivity index (χ0n) is 9.43. The predicted molar refractivity (Wildman–Crippen MR) is 55.2 cm³/mol. The average molecular weight is 242 g/mol. The van der Waals surface area contributed by atoms with Gasteiger partial charge in [-0.25, -0.2) is 4.79 Å². The second-order valence-corrected chi connectivity index (χ2v) is 4.39. The number of rotatable bonds is 5. The van der Waals surface area contributed by atoms with Gasteiger partial charge < -0.3 is 15.2 Å². The fourth-order valence-electron chi connectivity index (χ4n) is 2.22. The molecule has 2 rings (SSSR count). The van der Waals surface area contributed by atoms with E-state index < -0.39 is 30.0 Å². The number of carboxylic acids is 1. The standard InChI is InChI=1S/C10H14N2O5/c1-17-5-10(6-2-3-6)8(15)12(4-7(13)14)9(16)11-10/h6H,2-5H2,1H3,(H,11,16)(H,13,14). The van der Waals surface area contributed by atoms with E-state index in [1.807, 2.05) is 0 Å². The van der Waals surface area contributed by atoms with Gasteiger partial charge in [-0.3, -0.25) is 14.5 Å². The quantitative estimate of drug-likeness (QED) is 0.629. The van der Waals surface area contributed by atoms with E-state index in [0.29, 0.717) is 0 Å². The van der Waals surface area contributed by atoms with Crippen molar-refractivity contribution in [3.63, 3.8) is 0 Å². The van der Waals surface area contributed by atoms with Crippen molar-refractivity contribution in [1.29, 1.82) is 0 Å². The van der Waals surface area contributed by atoms with E-state index in [9.17, 15) is 14.4 Å². The number of ether oxygens (including phenoxy) is 1. The normalized spacial score (nSPS) is 28.4. The van der Waals surface area contributed by atoms with Crippen LogP contribution in [-0.4, -0.2) is 53.7 Å². The number of aliphatic carboxylic acids is 1. The van der Waals surface area contributed by atoms with Crippen LogP contribution in [0, 0.1) is 5.92 Å². The molecule has 0 radical (unpaired) electrons. The van der Waals surface area contributed by atoms with Crippen molar-refractivity contribution in [2.75, 3.05) is 20.3 Å². The van der Waals surface area contributed by atoms with E-state index in [-0.39, 0.29) is 12.5 Å². The van der Waals surface area contributed by atoms with Crippen LogP contribution in [0.5, 0.6) is 0 Å². The molecule has 0 aromatic carbocycles. The van der Waals surface area contributed by atoms with Gasteiger partial charge >= 0.3 is 12.0 Å². The van der Waals surface area contributed by atoms with Crippen LogP contribution in [0.15, 0.2) is 0 Å². The van der Waals surface area contributed by atoms with E-state index in [0.717, 1.165) is 17.7 Å². The summed E-state index contributed by atoms with van der Waals surface area (Å²) in [6.07, 6.45) is 1.69. The Morgan fingerprint density at radius 2 is 2.24 bits per heavy atom. The smallest absolute Gasteiger partial charge is 0.325 e. The van der Waals surface area contributed by atoms with E-state index in [1.54, 1.807) is 0 Å². The molecule has 1 atom stereocenters. The van der Waals surface area contributed by atoms with Crippen LogP contribution in [0.3, 0.4) is 0 Å². The lowest BCUT2D eigenvalue weighted by atomic mass is 9.94. The summed E-state index contributed by atoms with van der Waals surface area (Å²) >= 11 is 0. The molecular formula is C10H14N2O5. The first kappa shape index (κ1) is 11.8. The number of nitrogens with one attached hydrogen (secondary N) is 1. The van der Waals surface area contributed by atoms with Crippen LogP contribution < -0.4 is 5.32 Å². The number of hydrogen-bond donors (Lipinski definition) is 2. The van der Waals surface area contributed by atoms with Crippen LogP contribution >= 0.6 is 0 Å². The summed E-state index contributed by atoms with van der Waals surface area (Å²) in [5.74, 6) is -1.65. The highest BCUT2D eigenvalue weighted by Gasteiger charge is 2.59. The molecule has 7 heteroatoms. The number of nitrogens with zero attached hydrogens (tertiary/aromatic N) is 1. The number of carboxylic acid groups (broad SMARTS) is 1. The van der Waals surface area contributed by atoms with Crippen molar-refractivity contribution < 1.29 is 24.2 Å². The van der Waals surface area contributed by atoms with Gasteiger partial charge in [0.15, 0.2) is 0 Å². The molecule has 3 amide bonds. The summed E-state index contributed by atoms with van der Waals surface area (Å²) in [5.41, 5.74) is -1.05. The maximum atomic E-state index is 12.1. The van der Waals surface area contributed by atoms with Gasteiger partial charge in [0.2, 0.25) is 0 Å². The Balaban J connectivity index is 2.22. The van der Waals surface area contributed by atoms with E-state index in [1.165, 1.54) is 7.11 Å². The Hall–Kier alpha value is -1.63. The van der Waals surface area contributed by atoms with Gasteiger partial charge in [-0.15, -0.1) is 0 Å². The maximum absolute atomic E-state index is 12.1. The number of carbonyl (C=O) groups is 3. The summed E-state index contributed by atoms with van der Waals surface area (Å²) in [6, 6.07) is -0.652. The monoisotopic (exact) mass is 242 g/mol. The molecule has 1 aliphatic heterocycles. The van der Waals surface area contributed by atoms with Crippen LogP contribution in [0.2, 0.25) is 0 Å². The second-order valence-electron chi connectivity index (χ2n) is 4.39. The van der Waals surface area contributed by atoms with Crippen molar-refractivity contribution >= 4 is 17.9 Å². The summed E-state index contributed by atoms with van der Waals surface area (Å²) in [5, 5.41) is 11.2. The Morgan fingerprint density at radius 3 is 2.71 bits per heavy atom. The molecule has 17 heavy (non-hydrogen) atoms. The number of imide groups is 1. The summed E-state index contributed by atoms with van der Waals surface area (Å²) in [6.45, 7) is -0.527. The lowest BCUT2D eigenvalue weighted by molar-refractivity contribution is -0.143. The van der Waals surface area contributed by atoms with E-state index >= 15 is 0 Å². The molecule has 7 nitrogen and oxygen atoms in total. The Morgan fingerprint density at radius 1 is 1.59 bits per heavy atom. The van der Waals surface area contributed by atoms with Gasteiger partial charge in [-0.1, -0.05) is 0 Å². The van der Waals surface area contributed by atoms with Crippen LogP contribution in [0.4, 0.5) is 4.79 Å². The van der Waals surface area contributed by atoms with Crippen LogP contribution in [-0.2, 0) is 14.3 Å². The van der Waals surface area contributed by atoms with Crippen molar-refractivity contribution in [3.05, 3.63) is 0 Å². The highest BCUT2D eigenvalue weighted by atomic mass is 16.5. The Bertz CT molecular complexity index is 379. The summed E-state index contributed by atoms with van der Waals surface area (Å²) < 4.78 is 4.99. The Labute approximate surface area is 97.7 Å². The lowest BCUT2D eigenvalue weighted by Gasteiger charge is -2.25.